The van der Waals surface area contributed by atoms with Crippen molar-refractivity contribution < 1.29 is 4.52 Å². The fraction of sp³-hybridized carbons (Fsp3) is 0.267. The van der Waals surface area contributed by atoms with Crippen LogP contribution in [-0.2, 0) is 13.1 Å². The molecule has 0 aliphatic carbocycles. The average Bonchev–Trinajstić information content (AvgIpc) is 2.83. The number of rotatable bonds is 4. The molecule has 0 bridgehead atoms. The van der Waals surface area contributed by atoms with Gasteiger partial charge in [0.2, 0.25) is 0 Å². The van der Waals surface area contributed by atoms with Crippen LogP contribution in [0.2, 0.25) is 0 Å². The first-order valence-corrected chi connectivity index (χ1v) is 6.52. The summed E-state index contributed by atoms with van der Waals surface area (Å²) in [5.41, 5.74) is 3.69. The number of hydrogen-bond acceptors (Lipinski definition) is 5. The zero-order valence-corrected chi connectivity index (χ0v) is 11.6. The third kappa shape index (κ3) is 2.83. The zero-order chi connectivity index (χ0) is 13.9. The summed E-state index contributed by atoms with van der Waals surface area (Å²) in [6, 6.07) is 9.83. The maximum Gasteiger partial charge on any atom is 0.150 e. The summed E-state index contributed by atoms with van der Waals surface area (Å²) >= 11 is 0. The quantitative estimate of drug-likeness (QED) is 0.728. The number of aryl methyl sites for hydroxylation is 1. The number of benzene rings is 1. The van der Waals surface area contributed by atoms with E-state index in [1.54, 1.807) is 0 Å². The first kappa shape index (κ1) is 12.7. The fourth-order valence-corrected chi connectivity index (χ4v) is 2.16. The number of fused-ring (bicyclic) bond motifs is 1. The molecule has 0 saturated heterocycles. The predicted molar refractivity (Wildman–Crippen MR) is 75.9 cm³/mol. The van der Waals surface area contributed by atoms with E-state index >= 15 is 0 Å². The van der Waals surface area contributed by atoms with Crippen molar-refractivity contribution in [2.45, 2.75) is 20.0 Å². The van der Waals surface area contributed by atoms with Gasteiger partial charge in [0.15, 0.2) is 5.76 Å². The van der Waals surface area contributed by atoms with Gasteiger partial charge in [-0.3, -0.25) is 9.88 Å². The maximum absolute atomic E-state index is 5.22. The van der Waals surface area contributed by atoms with Crippen LogP contribution in [0.4, 0.5) is 0 Å². The van der Waals surface area contributed by atoms with Crippen molar-refractivity contribution in [2.24, 2.45) is 0 Å². The summed E-state index contributed by atoms with van der Waals surface area (Å²) < 4.78 is 5.22. The molecule has 0 fully saturated rings. The standard InChI is InChI=1S/C15H16N4O/c1-11-7-13(20-18-11)10-19(2)9-12-8-16-14-5-3-4-6-15(14)17-12/h3-8H,9-10H2,1-2H3. The summed E-state index contributed by atoms with van der Waals surface area (Å²) in [6.45, 7) is 3.34. The molecule has 0 atom stereocenters. The number of para-hydroxylation sites is 2. The third-order valence-electron chi connectivity index (χ3n) is 3.03. The van der Waals surface area contributed by atoms with Crippen LogP contribution in [0, 0.1) is 6.92 Å². The second-order valence-corrected chi connectivity index (χ2v) is 4.96. The van der Waals surface area contributed by atoms with Gasteiger partial charge in [-0.05, 0) is 26.1 Å². The Bertz CT molecular complexity index is 722. The van der Waals surface area contributed by atoms with Crippen LogP contribution in [0.5, 0.6) is 0 Å². The van der Waals surface area contributed by atoms with Crippen LogP contribution >= 0.6 is 0 Å². The van der Waals surface area contributed by atoms with Crippen LogP contribution in [0.3, 0.4) is 0 Å². The molecule has 1 aromatic carbocycles. The van der Waals surface area contributed by atoms with Crippen LogP contribution in [-0.4, -0.2) is 27.1 Å². The summed E-state index contributed by atoms with van der Waals surface area (Å²) in [7, 11) is 2.02. The van der Waals surface area contributed by atoms with Crippen molar-refractivity contribution >= 4 is 11.0 Å². The van der Waals surface area contributed by atoms with E-state index in [2.05, 4.69) is 20.0 Å². The molecular weight excluding hydrogens is 252 g/mol. The summed E-state index contributed by atoms with van der Waals surface area (Å²) in [5, 5.41) is 3.89. The van der Waals surface area contributed by atoms with Gasteiger partial charge in [0.25, 0.3) is 0 Å². The molecule has 0 N–H and O–H groups in total. The largest absolute Gasteiger partial charge is 0.360 e. The molecule has 0 saturated carbocycles. The zero-order valence-electron chi connectivity index (χ0n) is 11.6. The molecule has 3 aromatic rings. The van der Waals surface area contributed by atoms with Crippen molar-refractivity contribution in [2.75, 3.05) is 7.05 Å². The lowest BCUT2D eigenvalue weighted by atomic mass is 10.3. The first-order valence-electron chi connectivity index (χ1n) is 6.52. The number of aromatic nitrogens is 3. The molecule has 5 heteroatoms. The molecule has 2 aromatic heterocycles. The number of hydrogen-bond donors (Lipinski definition) is 0. The normalized spacial score (nSPS) is 11.3. The van der Waals surface area contributed by atoms with Crippen LogP contribution < -0.4 is 0 Å². The lowest BCUT2D eigenvalue weighted by molar-refractivity contribution is 0.264. The van der Waals surface area contributed by atoms with Gasteiger partial charge < -0.3 is 4.52 Å². The Morgan fingerprint density at radius 1 is 1.15 bits per heavy atom. The molecule has 0 spiro atoms. The highest BCUT2D eigenvalue weighted by atomic mass is 16.5. The summed E-state index contributed by atoms with van der Waals surface area (Å²) in [6.07, 6.45) is 1.82. The van der Waals surface area contributed by atoms with Gasteiger partial charge in [-0.15, -0.1) is 0 Å². The van der Waals surface area contributed by atoms with Crippen molar-refractivity contribution in [3.05, 3.63) is 53.7 Å². The van der Waals surface area contributed by atoms with Gasteiger partial charge in [-0.1, -0.05) is 17.3 Å². The van der Waals surface area contributed by atoms with E-state index in [9.17, 15) is 0 Å². The van der Waals surface area contributed by atoms with E-state index in [4.69, 9.17) is 4.52 Å². The summed E-state index contributed by atoms with van der Waals surface area (Å²) in [4.78, 5) is 11.2. The van der Waals surface area contributed by atoms with Crippen molar-refractivity contribution in [3.8, 4) is 0 Å². The lowest BCUT2D eigenvalue weighted by Gasteiger charge is -2.14. The minimum absolute atomic E-state index is 0.704. The Morgan fingerprint density at radius 2 is 1.95 bits per heavy atom. The lowest BCUT2D eigenvalue weighted by Crippen LogP contribution is -2.17. The van der Waals surface area contributed by atoms with E-state index in [0.717, 1.165) is 34.7 Å². The first-order chi connectivity index (χ1) is 9.70. The van der Waals surface area contributed by atoms with Crippen molar-refractivity contribution in [1.29, 1.82) is 0 Å². The minimum Gasteiger partial charge on any atom is -0.360 e. The smallest absolute Gasteiger partial charge is 0.150 e. The van der Waals surface area contributed by atoms with E-state index in [1.165, 1.54) is 0 Å². The third-order valence-corrected chi connectivity index (χ3v) is 3.03. The molecule has 0 unspecified atom stereocenters. The van der Waals surface area contributed by atoms with Crippen LogP contribution in [0.1, 0.15) is 17.1 Å². The molecule has 5 nitrogen and oxygen atoms in total. The Labute approximate surface area is 117 Å². The molecule has 0 aliphatic rings. The van der Waals surface area contributed by atoms with Gasteiger partial charge >= 0.3 is 0 Å². The van der Waals surface area contributed by atoms with E-state index in [0.29, 0.717) is 6.54 Å². The van der Waals surface area contributed by atoms with Crippen molar-refractivity contribution in [1.82, 2.24) is 20.0 Å². The monoisotopic (exact) mass is 268 g/mol. The minimum atomic E-state index is 0.704. The highest BCUT2D eigenvalue weighted by Crippen LogP contribution is 2.11. The Kier molecular flexibility index (Phi) is 3.43. The second kappa shape index (κ2) is 5.38. The average molecular weight is 268 g/mol. The highest BCUT2D eigenvalue weighted by molar-refractivity contribution is 5.73. The van der Waals surface area contributed by atoms with Gasteiger partial charge in [0.05, 0.1) is 35.2 Å². The van der Waals surface area contributed by atoms with E-state index < -0.39 is 0 Å². The van der Waals surface area contributed by atoms with Crippen LogP contribution in [0.25, 0.3) is 11.0 Å². The van der Waals surface area contributed by atoms with E-state index in [-0.39, 0.29) is 0 Å². The molecule has 2 heterocycles. The summed E-state index contributed by atoms with van der Waals surface area (Å²) in [5.74, 6) is 0.860. The molecule has 20 heavy (non-hydrogen) atoms. The molecule has 0 amide bonds. The molecule has 3 rings (SSSR count). The Balaban J connectivity index is 1.72. The van der Waals surface area contributed by atoms with Gasteiger partial charge in [-0.2, -0.15) is 0 Å². The van der Waals surface area contributed by atoms with Crippen LogP contribution in [0.15, 0.2) is 41.1 Å². The van der Waals surface area contributed by atoms with Gasteiger partial charge in [-0.25, -0.2) is 4.98 Å². The molecule has 0 radical (unpaired) electrons. The van der Waals surface area contributed by atoms with Gasteiger partial charge in [0.1, 0.15) is 0 Å². The Hall–Kier alpha value is -2.27. The van der Waals surface area contributed by atoms with Gasteiger partial charge in [0, 0.05) is 12.6 Å². The maximum atomic E-state index is 5.22. The van der Waals surface area contributed by atoms with Crippen molar-refractivity contribution in [3.63, 3.8) is 0 Å². The molecule has 102 valence electrons. The highest BCUT2D eigenvalue weighted by Gasteiger charge is 2.07. The predicted octanol–water partition coefficient (Wildman–Crippen LogP) is 2.56. The Morgan fingerprint density at radius 3 is 2.70 bits per heavy atom. The second-order valence-electron chi connectivity index (χ2n) is 4.96. The fourth-order valence-electron chi connectivity index (χ4n) is 2.16. The molecule has 0 aliphatic heterocycles. The number of nitrogens with zero attached hydrogens (tertiary/aromatic N) is 4. The SMILES string of the molecule is Cc1cc(CN(C)Cc2cnc3ccccc3n2)on1. The van der Waals surface area contributed by atoms with E-state index in [1.807, 2.05) is 50.5 Å². The topological polar surface area (TPSA) is 55.1 Å². The molecular formula is C15H16N4O.